The maximum absolute atomic E-state index is 14.1. The third kappa shape index (κ3) is 5.44. The van der Waals surface area contributed by atoms with Crippen LogP contribution in [-0.4, -0.2) is 22.1 Å². The van der Waals surface area contributed by atoms with Crippen LogP contribution in [0.4, 0.5) is 18.9 Å². The third-order valence-corrected chi connectivity index (χ3v) is 7.13. The molecular weight excluding hydrogens is 543 g/mol. The smallest absolute Gasteiger partial charge is 0.407 e. The summed E-state index contributed by atoms with van der Waals surface area (Å²) in [4.78, 5) is 31.6. The fraction of sp³-hybridized carbons (Fsp3) is 0.182. The van der Waals surface area contributed by atoms with Crippen molar-refractivity contribution in [3.05, 3.63) is 123 Å². The van der Waals surface area contributed by atoms with Crippen molar-refractivity contribution in [1.29, 1.82) is 0 Å². The van der Waals surface area contributed by atoms with E-state index in [2.05, 4.69) is 9.83 Å². The van der Waals surface area contributed by atoms with E-state index in [1.54, 1.807) is 31.2 Å². The van der Waals surface area contributed by atoms with E-state index in [1.165, 1.54) is 4.57 Å². The van der Waals surface area contributed by atoms with Gasteiger partial charge < -0.3 is 14.3 Å². The number of alkyl halides is 3. The van der Waals surface area contributed by atoms with E-state index >= 15 is 0 Å². The number of H-pyrrole nitrogens is 1. The van der Waals surface area contributed by atoms with E-state index in [0.29, 0.717) is 16.8 Å². The van der Waals surface area contributed by atoms with Gasteiger partial charge in [-0.05, 0) is 78.9 Å². The number of nitrogens with one attached hydrogen (secondary N) is 1. The molecule has 0 spiro atoms. The topological polar surface area (TPSA) is 68.5 Å². The van der Waals surface area contributed by atoms with Crippen LogP contribution in [0.25, 0.3) is 38.1 Å². The zero-order valence-electron chi connectivity index (χ0n) is 23.1. The van der Waals surface area contributed by atoms with Crippen molar-refractivity contribution < 1.29 is 22.7 Å². The molecule has 0 radical (unpaired) electrons. The van der Waals surface area contributed by atoms with E-state index < -0.39 is 29.0 Å². The second-order valence-electron chi connectivity index (χ2n) is 10.0. The first-order chi connectivity index (χ1) is 20.0. The number of hydrogen-bond donors (Lipinski definition) is 1. The number of carbonyl (C=O) groups excluding carboxylic acids is 1. The number of ether oxygens (including phenoxy) is 1. The highest BCUT2D eigenvalue weighted by Crippen LogP contribution is 2.38. The average Bonchev–Trinajstić information content (AvgIpc) is 3.38. The molecule has 5 aromatic rings. The van der Waals surface area contributed by atoms with Gasteiger partial charge in [-0.2, -0.15) is 13.2 Å². The molecule has 42 heavy (non-hydrogen) atoms. The summed E-state index contributed by atoms with van der Waals surface area (Å²) in [5.74, 6) is -0.470. The maximum Gasteiger partial charge on any atom is 0.407 e. The molecule has 9 heteroatoms. The molecule has 2 aromatic heterocycles. The minimum Gasteiger partial charge on any atom is -0.461 e. The van der Waals surface area contributed by atoms with Crippen LogP contribution in [0.5, 0.6) is 0 Å². The Morgan fingerprint density at radius 3 is 2.40 bits per heavy atom. The Hall–Kier alpha value is -5.10. The van der Waals surface area contributed by atoms with Gasteiger partial charge in [0.2, 0.25) is 0 Å². The molecule has 0 unspecified atom stereocenters. The van der Waals surface area contributed by atoms with Gasteiger partial charge in [0.1, 0.15) is 5.69 Å². The van der Waals surface area contributed by atoms with Crippen LogP contribution in [0.1, 0.15) is 39.7 Å². The van der Waals surface area contributed by atoms with Crippen molar-refractivity contribution in [3.63, 3.8) is 0 Å². The number of aromatic nitrogens is 2. The molecule has 6 nitrogen and oxygen atoms in total. The van der Waals surface area contributed by atoms with Crippen LogP contribution in [0.3, 0.4) is 0 Å². The summed E-state index contributed by atoms with van der Waals surface area (Å²) in [7, 11) is 0. The van der Waals surface area contributed by atoms with Crippen molar-refractivity contribution in [2.24, 2.45) is 0 Å². The first-order valence-electron chi connectivity index (χ1n) is 13.2. The third-order valence-electron chi connectivity index (χ3n) is 7.13. The first-order valence-corrected chi connectivity index (χ1v) is 13.2. The summed E-state index contributed by atoms with van der Waals surface area (Å²) in [5.41, 5.74) is 2.36. The van der Waals surface area contributed by atoms with Gasteiger partial charge in [-0.1, -0.05) is 48.0 Å². The van der Waals surface area contributed by atoms with Crippen LogP contribution in [-0.2, 0) is 17.5 Å². The number of aromatic amines is 1. The van der Waals surface area contributed by atoms with Gasteiger partial charge in [0.15, 0.2) is 0 Å². The summed E-state index contributed by atoms with van der Waals surface area (Å²) in [6.07, 6.45) is -4.89. The van der Waals surface area contributed by atoms with Crippen LogP contribution in [0, 0.1) is 20.4 Å². The molecule has 3 aromatic carbocycles. The number of nitrogens with zero attached hydrogens (tertiary/aromatic N) is 2. The monoisotopic (exact) mass is 569 g/mol. The quantitative estimate of drug-likeness (QED) is 0.166. The lowest BCUT2D eigenvalue weighted by atomic mass is 9.98. The number of esters is 1. The van der Waals surface area contributed by atoms with E-state index in [1.807, 2.05) is 56.3 Å². The van der Waals surface area contributed by atoms with E-state index in [9.17, 15) is 22.8 Å². The molecule has 0 aliphatic heterocycles. The maximum atomic E-state index is 14.1. The van der Waals surface area contributed by atoms with Gasteiger partial charge in [0, 0.05) is 16.6 Å². The number of pyridine rings is 1. The van der Waals surface area contributed by atoms with Gasteiger partial charge in [0.25, 0.3) is 11.2 Å². The Balaban J connectivity index is 1.66. The Bertz CT molecular complexity index is 1940. The predicted molar refractivity (Wildman–Crippen MR) is 156 cm³/mol. The minimum absolute atomic E-state index is 0.00287. The van der Waals surface area contributed by atoms with Crippen molar-refractivity contribution in [2.45, 2.75) is 33.5 Å². The molecule has 0 bridgehead atoms. The molecule has 5 rings (SSSR count). The highest BCUT2D eigenvalue weighted by molar-refractivity contribution is 5.96. The van der Waals surface area contributed by atoms with Gasteiger partial charge in [0.05, 0.1) is 25.3 Å². The average molecular weight is 570 g/mol. The fourth-order valence-electron chi connectivity index (χ4n) is 5.04. The normalized spacial score (nSPS) is 11.5. The molecule has 0 aliphatic carbocycles. The number of aryl methyl sites for hydroxylation is 2. The number of carbonyl (C=O) groups is 1. The summed E-state index contributed by atoms with van der Waals surface area (Å²) < 4.78 is 48.5. The molecule has 2 heterocycles. The van der Waals surface area contributed by atoms with Crippen LogP contribution in [0.15, 0.2) is 77.6 Å². The molecule has 0 amide bonds. The SMILES string of the molecule is [C-]#[N+]c1c(C(F)(F)F)cc(-c2cccc(-c3ccc4[nH]c(C(=O)OCC)cc4c3)c2)n(Cc2ccc(C)cc2C)c1=O. The highest BCUT2D eigenvalue weighted by Gasteiger charge is 2.36. The van der Waals surface area contributed by atoms with Gasteiger partial charge in [-0.15, -0.1) is 0 Å². The lowest BCUT2D eigenvalue weighted by Crippen LogP contribution is -2.25. The minimum atomic E-state index is -4.89. The zero-order chi connectivity index (χ0) is 30.2. The Morgan fingerprint density at radius 1 is 0.976 bits per heavy atom. The fourth-order valence-corrected chi connectivity index (χ4v) is 5.04. The number of hydrogen-bond acceptors (Lipinski definition) is 3. The number of benzene rings is 3. The van der Waals surface area contributed by atoms with E-state index in [-0.39, 0.29) is 18.8 Å². The Kier molecular flexibility index (Phi) is 7.48. The van der Waals surface area contributed by atoms with Crippen LogP contribution >= 0.6 is 0 Å². The summed E-state index contributed by atoms with van der Waals surface area (Å²) in [5, 5.41) is 0.758. The first kappa shape index (κ1) is 28.4. The van der Waals surface area contributed by atoms with Gasteiger partial charge >= 0.3 is 12.1 Å². The van der Waals surface area contributed by atoms with Crippen molar-refractivity contribution in [2.75, 3.05) is 6.61 Å². The van der Waals surface area contributed by atoms with Crippen molar-refractivity contribution in [3.8, 4) is 22.4 Å². The Labute approximate surface area is 239 Å². The predicted octanol–water partition coefficient (Wildman–Crippen LogP) is 8.08. The number of rotatable bonds is 6. The second kappa shape index (κ2) is 11.1. The van der Waals surface area contributed by atoms with E-state index in [4.69, 9.17) is 11.3 Å². The standard InChI is InChI=1S/C33H26F3N3O3/c1-5-42-32(41)28-16-25-15-22(11-12-27(25)38-28)21-7-6-8-23(14-21)29-17-26(33(34,35)36)30(37-4)31(40)39(29)18-24-10-9-19(2)13-20(24)3/h6-17,38H,5,18H2,1-3H3. The largest absolute Gasteiger partial charge is 0.461 e. The summed E-state index contributed by atoms with van der Waals surface area (Å²) in [6.45, 7) is 13.1. The van der Waals surface area contributed by atoms with Crippen LogP contribution in [0.2, 0.25) is 0 Å². The van der Waals surface area contributed by atoms with Crippen molar-refractivity contribution in [1.82, 2.24) is 9.55 Å². The zero-order valence-corrected chi connectivity index (χ0v) is 23.1. The lowest BCUT2D eigenvalue weighted by Gasteiger charge is -2.19. The molecule has 0 fully saturated rings. The number of halogens is 3. The molecule has 212 valence electrons. The highest BCUT2D eigenvalue weighted by atomic mass is 19.4. The van der Waals surface area contributed by atoms with Gasteiger partial charge in [-0.25, -0.2) is 9.64 Å². The van der Waals surface area contributed by atoms with Crippen molar-refractivity contribution >= 4 is 22.6 Å². The molecule has 0 saturated carbocycles. The molecule has 0 saturated heterocycles. The summed E-state index contributed by atoms with van der Waals surface area (Å²) in [6, 6.07) is 20.6. The second-order valence-corrected chi connectivity index (χ2v) is 10.0. The van der Waals surface area contributed by atoms with Gasteiger partial charge in [-0.3, -0.25) is 4.79 Å². The molecular formula is C33H26F3N3O3. The molecule has 0 aliphatic rings. The van der Waals surface area contributed by atoms with E-state index in [0.717, 1.165) is 39.2 Å². The van der Waals surface area contributed by atoms with Crippen LogP contribution < -0.4 is 5.56 Å². The summed E-state index contributed by atoms with van der Waals surface area (Å²) >= 11 is 0. The molecule has 0 atom stereocenters. The Morgan fingerprint density at radius 2 is 1.71 bits per heavy atom. The number of fused-ring (bicyclic) bond motifs is 1. The molecule has 1 N–H and O–H groups in total. The lowest BCUT2D eigenvalue weighted by molar-refractivity contribution is -0.136.